The molecule has 4 rings (SSSR count). The lowest BCUT2D eigenvalue weighted by Crippen LogP contribution is -2.35. The number of para-hydroxylation sites is 1. The first-order chi connectivity index (χ1) is 12.6. The fraction of sp³-hybridized carbons (Fsp3) is 0.143. The summed E-state index contributed by atoms with van der Waals surface area (Å²) in [5.41, 5.74) is 3.35. The van der Waals surface area contributed by atoms with E-state index in [0.29, 0.717) is 16.1 Å². The Morgan fingerprint density at radius 3 is 2.73 bits per heavy atom. The van der Waals surface area contributed by atoms with Crippen LogP contribution in [0, 0.1) is 0 Å². The van der Waals surface area contributed by atoms with Crippen LogP contribution >= 0.6 is 11.3 Å². The molecular formula is C21H18N2O2S. The van der Waals surface area contributed by atoms with Crippen molar-refractivity contribution in [2.45, 2.75) is 19.4 Å². The van der Waals surface area contributed by atoms with Gasteiger partial charge in [0, 0.05) is 23.0 Å². The quantitative estimate of drug-likeness (QED) is 0.741. The number of rotatable bonds is 3. The molecule has 0 unspecified atom stereocenters. The van der Waals surface area contributed by atoms with Crippen LogP contribution in [0.4, 0.5) is 11.4 Å². The van der Waals surface area contributed by atoms with Crippen molar-refractivity contribution in [3.8, 4) is 0 Å². The second-order valence-corrected chi connectivity index (χ2v) is 7.32. The van der Waals surface area contributed by atoms with E-state index >= 15 is 0 Å². The van der Waals surface area contributed by atoms with Crippen molar-refractivity contribution >= 4 is 34.5 Å². The predicted octanol–water partition coefficient (Wildman–Crippen LogP) is 4.59. The molecular weight excluding hydrogens is 344 g/mol. The number of benzene rings is 2. The summed E-state index contributed by atoms with van der Waals surface area (Å²) in [6, 6.07) is 18.9. The van der Waals surface area contributed by atoms with Gasteiger partial charge in [-0.15, -0.1) is 11.3 Å². The molecule has 0 aliphatic carbocycles. The fourth-order valence-corrected chi connectivity index (χ4v) is 3.96. The lowest BCUT2D eigenvalue weighted by Gasteiger charge is -2.23. The predicted molar refractivity (Wildman–Crippen MR) is 105 cm³/mol. The molecule has 0 saturated heterocycles. The smallest absolute Gasteiger partial charge is 0.265 e. The van der Waals surface area contributed by atoms with E-state index in [1.807, 2.05) is 34.5 Å². The Kier molecular flexibility index (Phi) is 4.31. The summed E-state index contributed by atoms with van der Waals surface area (Å²) in [4.78, 5) is 27.8. The van der Waals surface area contributed by atoms with Crippen molar-refractivity contribution < 1.29 is 9.59 Å². The number of nitrogens with zero attached hydrogens (tertiary/aromatic N) is 1. The average Bonchev–Trinajstić information content (AvgIpc) is 3.28. The zero-order valence-corrected chi connectivity index (χ0v) is 15.1. The summed E-state index contributed by atoms with van der Waals surface area (Å²) in [5.74, 6) is -0.209. The number of amides is 2. The standard InChI is InChI=1S/C21H18N2O2S/c1-14-12-15-6-2-3-9-18(15)23(14)21(25)16-7-4-8-17(13-16)22-20(24)19-10-5-11-26-19/h2-11,13-14H,12H2,1H3,(H,22,24)/t14-/m1/s1. The zero-order chi connectivity index (χ0) is 18.1. The molecule has 130 valence electrons. The van der Waals surface area contributed by atoms with Crippen molar-refractivity contribution in [1.82, 2.24) is 0 Å². The second kappa shape index (κ2) is 6.77. The molecule has 0 radical (unpaired) electrons. The Bertz CT molecular complexity index is 966. The summed E-state index contributed by atoms with van der Waals surface area (Å²) in [5, 5.41) is 4.72. The van der Waals surface area contributed by atoms with Crippen molar-refractivity contribution in [1.29, 1.82) is 0 Å². The van der Waals surface area contributed by atoms with E-state index in [-0.39, 0.29) is 17.9 Å². The van der Waals surface area contributed by atoms with Gasteiger partial charge in [0.1, 0.15) is 0 Å². The average molecular weight is 362 g/mol. The van der Waals surface area contributed by atoms with Crippen LogP contribution in [0.2, 0.25) is 0 Å². The van der Waals surface area contributed by atoms with Gasteiger partial charge >= 0.3 is 0 Å². The molecule has 2 amide bonds. The molecule has 26 heavy (non-hydrogen) atoms. The van der Waals surface area contributed by atoms with Gasteiger partial charge in [-0.05, 0) is 54.6 Å². The second-order valence-electron chi connectivity index (χ2n) is 6.37. The highest BCUT2D eigenvalue weighted by Gasteiger charge is 2.31. The molecule has 3 aromatic rings. The summed E-state index contributed by atoms with van der Waals surface area (Å²) in [6.07, 6.45) is 0.858. The van der Waals surface area contributed by atoms with E-state index in [2.05, 4.69) is 18.3 Å². The van der Waals surface area contributed by atoms with Gasteiger partial charge < -0.3 is 10.2 Å². The van der Waals surface area contributed by atoms with Crippen LogP contribution in [-0.4, -0.2) is 17.9 Å². The summed E-state index contributed by atoms with van der Waals surface area (Å²) in [7, 11) is 0. The third-order valence-corrected chi connectivity index (χ3v) is 5.41. The van der Waals surface area contributed by atoms with Gasteiger partial charge in [0.25, 0.3) is 11.8 Å². The Morgan fingerprint density at radius 2 is 1.92 bits per heavy atom. The number of carbonyl (C=O) groups excluding carboxylic acids is 2. The van der Waals surface area contributed by atoms with Crippen molar-refractivity contribution in [2.75, 3.05) is 10.2 Å². The Hall–Kier alpha value is -2.92. The molecule has 1 aliphatic rings. The minimum Gasteiger partial charge on any atom is -0.321 e. The van der Waals surface area contributed by atoms with Crippen LogP contribution in [-0.2, 0) is 6.42 Å². The fourth-order valence-electron chi connectivity index (χ4n) is 3.34. The summed E-state index contributed by atoms with van der Waals surface area (Å²) < 4.78 is 0. The molecule has 4 nitrogen and oxygen atoms in total. The maximum absolute atomic E-state index is 13.1. The van der Waals surface area contributed by atoms with Gasteiger partial charge in [-0.3, -0.25) is 9.59 Å². The Labute approximate surface area is 156 Å². The summed E-state index contributed by atoms with van der Waals surface area (Å²) >= 11 is 1.39. The summed E-state index contributed by atoms with van der Waals surface area (Å²) in [6.45, 7) is 2.06. The third-order valence-electron chi connectivity index (χ3n) is 4.54. The maximum Gasteiger partial charge on any atom is 0.265 e. The minimum atomic E-state index is -0.163. The zero-order valence-electron chi connectivity index (χ0n) is 14.3. The van der Waals surface area contributed by atoms with Gasteiger partial charge in [0.05, 0.1) is 4.88 Å². The highest BCUT2D eigenvalue weighted by Crippen LogP contribution is 2.33. The van der Waals surface area contributed by atoms with Crippen LogP contribution in [0.5, 0.6) is 0 Å². The first-order valence-electron chi connectivity index (χ1n) is 8.50. The lowest BCUT2D eigenvalue weighted by atomic mass is 10.1. The topological polar surface area (TPSA) is 49.4 Å². The number of hydrogen-bond acceptors (Lipinski definition) is 3. The SMILES string of the molecule is C[C@@H]1Cc2ccccc2N1C(=O)c1cccc(NC(=O)c2cccs2)c1. The van der Waals surface area contributed by atoms with Gasteiger partial charge in [0.2, 0.25) is 0 Å². The molecule has 1 aromatic heterocycles. The number of hydrogen-bond donors (Lipinski definition) is 1. The molecule has 0 spiro atoms. The molecule has 2 heterocycles. The number of thiophene rings is 1. The number of nitrogens with one attached hydrogen (secondary N) is 1. The van der Waals surface area contributed by atoms with Crippen molar-refractivity contribution in [3.63, 3.8) is 0 Å². The molecule has 0 bridgehead atoms. The van der Waals surface area contributed by atoms with Gasteiger partial charge in [0.15, 0.2) is 0 Å². The molecule has 0 fully saturated rings. The van der Waals surface area contributed by atoms with Crippen LogP contribution in [0.25, 0.3) is 0 Å². The lowest BCUT2D eigenvalue weighted by molar-refractivity contribution is 0.0979. The van der Waals surface area contributed by atoms with Crippen molar-refractivity contribution in [3.05, 3.63) is 82.0 Å². The Balaban J connectivity index is 1.59. The molecule has 0 saturated carbocycles. The molecule has 1 N–H and O–H groups in total. The third kappa shape index (κ3) is 3.02. The van der Waals surface area contributed by atoms with Gasteiger partial charge in [-0.1, -0.05) is 30.3 Å². The van der Waals surface area contributed by atoms with E-state index in [1.165, 1.54) is 16.9 Å². The van der Waals surface area contributed by atoms with E-state index in [1.54, 1.807) is 30.3 Å². The number of carbonyl (C=O) groups is 2. The largest absolute Gasteiger partial charge is 0.321 e. The van der Waals surface area contributed by atoms with Gasteiger partial charge in [-0.25, -0.2) is 0 Å². The highest BCUT2D eigenvalue weighted by molar-refractivity contribution is 7.12. The van der Waals surface area contributed by atoms with E-state index in [9.17, 15) is 9.59 Å². The normalized spacial score (nSPS) is 15.6. The monoisotopic (exact) mass is 362 g/mol. The van der Waals surface area contributed by atoms with Crippen LogP contribution in [0.1, 0.15) is 32.5 Å². The number of fused-ring (bicyclic) bond motifs is 1. The van der Waals surface area contributed by atoms with Crippen LogP contribution < -0.4 is 10.2 Å². The first-order valence-corrected chi connectivity index (χ1v) is 9.38. The van der Waals surface area contributed by atoms with Crippen LogP contribution in [0.15, 0.2) is 66.0 Å². The Morgan fingerprint density at radius 1 is 1.08 bits per heavy atom. The highest BCUT2D eigenvalue weighted by atomic mass is 32.1. The first kappa shape index (κ1) is 16.5. The van der Waals surface area contributed by atoms with Crippen molar-refractivity contribution in [2.24, 2.45) is 0 Å². The molecule has 1 atom stereocenters. The minimum absolute atomic E-state index is 0.0466. The van der Waals surface area contributed by atoms with Crippen LogP contribution in [0.3, 0.4) is 0 Å². The molecule has 5 heteroatoms. The van der Waals surface area contributed by atoms with Gasteiger partial charge in [-0.2, -0.15) is 0 Å². The number of anilines is 2. The molecule has 1 aliphatic heterocycles. The molecule has 2 aromatic carbocycles. The van der Waals surface area contributed by atoms with E-state index in [4.69, 9.17) is 0 Å². The van der Waals surface area contributed by atoms with E-state index < -0.39 is 0 Å². The maximum atomic E-state index is 13.1. The van der Waals surface area contributed by atoms with E-state index in [0.717, 1.165) is 12.1 Å².